The Morgan fingerprint density at radius 2 is 1.92 bits per heavy atom. The van der Waals surface area contributed by atoms with Crippen molar-refractivity contribution in [3.05, 3.63) is 75.7 Å². The van der Waals surface area contributed by atoms with Gasteiger partial charge in [-0.2, -0.15) is 5.10 Å². The van der Waals surface area contributed by atoms with E-state index >= 15 is 0 Å². The molecule has 6 rings (SSSR count). The molecule has 0 unspecified atom stereocenters. The smallest absolute Gasteiger partial charge is 0.276 e. The molecular formula is C28H31N7O3. The third-order valence-electron chi connectivity index (χ3n) is 7.54. The van der Waals surface area contributed by atoms with Crippen LogP contribution in [0.4, 0.5) is 17.3 Å². The molecule has 4 aromatic rings. The molecule has 1 amide bonds. The van der Waals surface area contributed by atoms with Crippen molar-refractivity contribution < 1.29 is 9.90 Å². The summed E-state index contributed by atoms with van der Waals surface area (Å²) in [4.78, 5) is 32.7. The van der Waals surface area contributed by atoms with Crippen LogP contribution in [-0.2, 0) is 40.1 Å². The number of carbonyl (C=O) groups excluding carboxylic acids is 1. The highest BCUT2D eigenvalue weighted by atomic mass is 16.3. The van der Waals surface area contributed by atoms with E-state index < -0.39 is 0 Å². The van der Waals surface area contributed by atoms with Gasteiger partial charge in [0.25, 0.3) is 11.5 Å². The molecule has 4 aromatic heterocycles. The lowest BCUT2D eigenvalue weighted by atomic mass is 9.90. The summed E-state index contributed by atoms with van der Waals surface area (Å²) in [6.45, 7) is 5.37. The zero-order valence-electron chi connectivity index (χ0n) is 22.0. The van der Waals surface area contributed by atoms with Crippen LogP contribution in [0.3, 0.4) is 0 Å². The number of aliphatic hydroxyl groups excluding tert-OH is 1. The maximum Gasteiger partial charge on any atom is 0.276 e. The molecule has 0 radical (unpaired) electrons. The van der Waals surface area contributed by atoms with Gasteiger partial charge in [-0.1, -0.05) is 13.8 Å². The van der Waals surface area contributed by atoms with Gasteiger partial charge in [-0.05, 0) is 47.6 Å². The van der Waals surface area contributed by atoms with Gasteiger partial charge in [0.15, 0.2) is 5.82 Å². The van der Waals surface area contributed by atoms with Gasteiger partial charge >= 0.3 is 0 Å². The SMILES string of the molecule is Cn1ccc(Nc2cc(-c3ccnc(N4CCn5c(cc6c5CC(C)(C)C6)C4=O)c3CO)cn(C)c2=O)n1. The molecule has 1 aliphatic carbocycles. The molecule has 0 spiro atoms. The van der Waals surface area contributed by atoms with Crippen molar-refractivity contribution in [3.63, 3.8) is 0 Å². The Morgan fingerprint density at radius 1 is 1.11 bits per heavy atom. The highest BCUT2D eigenvalue weighted by molar-refractivity contribution is 6.06. The number of nitrogens with one attached hydrogen (secondary N) is 1. The molecule has 38 heavy (non-hydrogen) atoms. The fourth-order valence-electron chi connectivity index (χ4n) is 5.82. The summed E-state index contributed by atoms with van der Waals surface area (Å²) >= 11 is 0. The van der Waals surface area contributed by atoms with E-state index in [4.69, 9.17) is 0 Å². The summed E-state index contributed by atoms with van der Waals surface area (Å²) in [5, 5.41) is 17.9. The van der Waals surface area contributed by atoms with Crippen LogP contribution >= 0.6 is 0 Å². The van der Waals surface area contributed by atoms with Crippen LogP contribution < -0.4 is 15.8 Å². The molecule has 2 aliphatic rings. The van der Waals surface area contributed by atoms with Gasteiger partial charge in [-0.3, -0.25) is 19.2 Å². The standard InChI is InChI=1S/C28H31N7O3/c1-28(2)13-17-12-22-27(38)35(10-9-34(22)23(17)14-28)25-20(16-36)19(5-7-29-25)18-11-21(26(37)32(3)15-18)30-24-6-8-33(4)31-24/h5-8,11-12,15,36H,9-10,13-14,16H2,1-4H3,(H,30,31). The van der Waals surface area contributed by atoms with Gasteiger partial charge in [0.2, 0.25) is 0 Å². The first-order chi connectivity index (χ1) is 18.1. The Hall–Kier alpha value is -4.18. The van der Waals surface area contributed by atoms with Crippen molar-refractivity contribution >= 4 is 23.2 Å². The fraction of sp³-hybridized carbons (Fsp3) is 0.357. The van der Waals surface area contributed by atoms with Crippen molar-refractivity contribution in [1.29, 1.82) is 0 Å². The molecule has 10 nitrogen and oxygen atoms in total. The third kappa shape index (κ3) is 3.92. The third-order valence-corrected chi connectivity index (χ3v) is 7.54. The monoisotopic (exact) mass is 513 g/mol. The van der Waals surface area contributed by atoms with Crippen LogP contribution in [-0.4, -0.2) is 41.5 Å². The number of hydrogen-bond donors (Lipinski definition) is 2. The molecule has 196 valence electrons. The van der Waals surface area contributed by atoms with E-state index in [-0.39, 0.29) is 23.5 Å². The first kappa shape index (κ1) is 24.2. The lowest BCUT2D eigenvalue weighted by molar-refractivity contribution is 0.0962. The second-order valence-electron chi connectivity index (χ2n) is 11.0. The van der Waals surface area contributed by atoms with Gasteiger partial charge in [0, 0.05) is 68.7 Å². The molecule has 0 bridgehead atoms. The molecule has 5 heterocycles. The summed E-state index contributed by atoms with van der Waals surface area (Å²) < 4.78 is 5.30. The van der Waals surface area contributed by atoms with Crippen molar-refractivity contribution in [2.45, 2.75) is 39.8 Å². The lowest BCUT2D eigenvalue weighted by Crippen LogP contribution is -2.41. The van der Waals surface area contributed by atoms with Crippen LogP contribution in [0, 0.1) is 5.41 Å². The number of anilines is 3. The molecule has 0 saturated carbocycles. The highest BCUT2D eigenvalue weighted by Crippen LogP contribution is 2.40. The zero-order valence-corrected chi connectivity index (χ0v) is 22.0. The van der Waals surface area contributed by atoms with Crippen molar-refractivity contribution in [2.24, 2.45) is 19.5 Å². The summed E-state index contributed by atoms with van der Waals surface area (Å²) in [5.74, 6) is 0.883. The number of pyridine rings is 2. The van der Waals surface area contributed by atoms with Gasteiger partial charge in [-0.25, -0.2) is 4.98 Å². The average Bonchev–Trinajstić information content (AvgIpc) is 3.53. The maximum absolute atomic E-state index is 13.7. The Labute approximate surface area is 220 Å². The molecular weight excluding hydrogens is 482 g/mol. The average molecular weight is 514 g/mol. The Balaban J connectivity index is 1.38. The van der Waals surface area contributed by atoms with E-state index in [0.29, 0.717) is 52.8 Å². The van der Waals surface area contributed by atoms with Crippen LogP contribution in [0.15, 0.2) is 47.7 Å². The number of amides is 1. The van der Waals surface area contributed by atoms with E-state index in [1.54, 1.807) is 60.5 Å². The van der Waals surface area contributed by atoms with E-state index in [9.17, 15) is 14.7 Å². The predicted molar refractivity (Wildman–Crippen MR) is 145 cm³/mol. The van der Waals surface area contributed by atoms with Crippen LogP contribution in [0.1, 0.15) is 41.2 Å². The van der Waals surface area contributed by atoms with Crippen molar-refractivity contribution in [2.75, 3.05) is 16.8 Å². The molecule has 0 atom stereocenters. The maximum atomic E-state index is 13.7. The van der Waals surface area contributed by atoms with Crippen LogP contribution in [0.25, 0.3) is 11.1 Å². The van der Waals surface area contributed by atoms with Crippen molar-refractivity contribution in [1.82, 2.24) is 23.9 Å². The topological polar surface area (TPSA) is 110 Å². The number of aromatic nitrogens is 5. The minimum atomic E-state index is -0.306. The predicted octanol–water partition coefficient (Wildman–Crippen LogP) is 3.00. The van der Waals surface area contributed by atoms with E-state index in [2.05, 4.69) is 33.8 Å². The van der Waals surface area contributed by atoms with Gasteiger partial charge in [0.05, 0.1) is 6.61 Å². The number of aliphatic hydroxyl groups is 1. The Bertz CT molecular complexity index is 1640. The normalized spacial score (nSPS) is 16.0. The number of fused-ring (bicyclic) bond motifs is 3. The largest absolute Gasteiger partial charge is 0.392 e. The number of hydrogen-bond acceptors (Lipinski definition) is 6. The zero-order chi connectivity index (χ0) is 26.8. The first-order valence-corrected chi connectivity index (χ1v) is 12.7. The molecule has 0 aromatic carbocycles. The molecule has 0 saturated heterocycles. The molecule has 2 N–H and O–H groups in total. The second-order valence-corrected chi connectivity index (χ2v) is 11.0. The van der Waals surface area contributed by atoms with Crippen LogP contribution in [0.5, 0.6) is 0 Å². The van der Waals surface area contributed by atoms with Gasteiger partial charge in [0.1, 0.15) is 17.2 Å². The quantitative estimate of drug-likeness (QED) is 0.425. The molecule has 0 fully saturated rings. The summed E-state index contributed by atoms with van der Waals surface area (Å²) in [5.41, 5.74) is 5.52. The number of aryl methyl sites for hydroxylation is 2. The number of rotatable bonds is 5. The summed E-state index contributed by atoms with van der Waals surface area (Å²) in [6.07, 6.45) is 7.08. The first-order valence-electron chi connectivity index (χ1n) is 12.7. The molecule has 1 aliphatic heterocycles. The second kappa shape index (κ2) is 8.70. The summed E-state index contributed by atoms with van der Waals surface area (Å²) in [7, 11) is 3.48. The van der Waals surface area contributed by atoms with E-state index in [0.717, 1.165) is 12.8 Å². The van der Waals surface area contributed by atoms with Crippen LogP contribution in [0.2, 0.25) is 0 Å². The minimum Gasteiger partial charge on any atom is -0.392 e. The Morgan fingerprint density at radius 3 is 2.66 bits per heavy atom. The fourth-order valence-corrected chi connectivity index (χ4v) is 5.82. The van der Waals surface area contributed by atoms with E-state index in [1.165, 1.54) is 15.8 Å². The minimum absolute atomic E-state index is 0.110. The number of carbonyl (C=O) groups is 1. The lowest BCUT2D eigenvalue weighted by Gasteiger charge is -2.31. The van der Waals surface area contributed by atoms with Gasteiger partial charge in [-0.15, -0.1) is 0 Å². The highest BCUT2D eigenvalue weighted by Gasteiger charge is 2.37. The molecule has 10 heteroatoms. The number of nitrogens with zero attached hydrogens (tertiary/aromatic N) is 6. The Kier molecular flexibility index (Phi) is 5.53. The summed E-state index contributed by atoms with van der Waals surface area (Å²) in [6, 6.07) is 7.35. The van der Waals surface area contributed by atoms with Crippen molar-refractivity contribution in [3.8, 4) is 11.1 Å². The van der Waals surface area contributed by atoms with Gasteiger partial charge < -0.3 is 19.6 Å². The van der Waals surface area contributed by atoms with E-state index in [1.807, 2.05) is 6.07 Å².